The van der Waals surface area contributed by atoms with Crippen molar-refractivity contribution in [3.63, 3.8) is 0 Å². The van der Waals surface area contributed by atoms with Crippen LogP contribution < -0.4 is 0 Å². The van der Waals surface area contributed by atoms with E-state index in [0.29, 0.717) is 12.1 Å². The van der Waals surface area contributed by atoms with E-state index >= 15 is 0 Å². The molecule has 0 bridgehead atoms. The molecular formula is C23H24N2O5. The average molecular weight is 408 g/mol. The molecule has 3 amide bonds. The molecule has 7 heteroatoms. The number of nitrogens with zero attached hydrogens (tertiary/aromatic N) is 2. The summed E-state index contributed by atoms with van der Waals surface area (Å²) < 4.78 is 4.72. The minimum absolute atomic E-state index is 0.134. The van der Waals surface area contributed by atoms with Crippen molar-refractivity contribution in [3.8, 4) is 0 Å². The summed E-state index contributed by atoms with van der Waals surface area (Å²) in [5.74, 6) is -1.58. The van der Waals surface area contributed by atoms with Gasteiger partial charge in [0.1, 0.15) is 6.54 Å². The van der Waals surface area contributed by atoms with Gasteiger partial charge in [-0.05, 0) is 29.7 Å². The van der Waals surface area contributed by atoms with E-state index in [0.717, 1.165) is 5.56 Å². The molecule has 0 fully saturated rings. The van der Waals surface area contributed by atoms with Crippen molar-refractivity contribution < 1.29 is 23.9 Å². The Morgan fingerprint density at radius 1 is 1.00 bits per heavy atom. The van der Waals surface area contributed by atoms with Crippen molar-refractivity contribution in [2.45, 2.75) is 20.4 Å². The first-order valence-corrected chi connectivity index (χ1v) is 9.72. The van der Waals surface area contributed by atoms with Crippen molar-refractivity contribution in [2.24, 2.45) is 5.92 Å². The van der Waals surface area contributed by atoms with Gasteiger partial charge < -0.3 is 9.64 Å². The summed E-state index contributed by atoms with van der Waals surface area (Å²) in [4.78, 5) is 52.8. The first-order chi connectivity index (χ1) is 14.3. The highest BCUT2D eigenvalue weighted by molar-refractivity contribution is 6.22. The quantitative estimate of drug-likeness (QED) is 0.520. The molecule has 0 N–H and O–H groups in total. The number of rotatable bonds is 7. The number of esters is 1. The largest absolute Gasteiger partial charge is 0.468 e. The molecule has 0 unspecified atom stereocenters. The van der Waals surface area contributed by atoms with Crippen LogP contribution in [-0.2, 0) is 16.1 Å². The van der Waals surface area contributed by atoms with E-state index in [2.05, 4.69) is 0 Å². The van der Waals surface area contributed by atoms with Crippen LogP contribution in [0.2, 0.25) is 0 Å². The lowest BCUT2D eigenvalue weighted by Crippen LogP contribution is -2.36. The molecule has 0 saturated heterocycles. The second-order valence-corrected chi connectivity index (χ2v) is 7.60. The number of carbonyl (C=O) groups excluding carboxylic acids is 4. The monoisotopic (exact) mass is 408 g/mol. The Bertz CT molecular complexity index is 984. The van der Waals surface area contributed by atoms with Crippen LogP contribution in [0.5, 0.6) is 0 Å². The Morgan fingerprint density at radius 3 is 2.30 bits per heavy atom. The molecular weight excluding hydrogens is 384 g/mol. The molecule has 7 nitrogen and oxygen atoms in total. The molecule has 0 aromatic heterocycles. The number of ether oxygens (including phenoxy) is 1. The molecule has 0 atom stereocenters. The molecule has 0 radical (unpaired) electrons. The van der Waals surface area contributed by atoms with E-state index < -0.39 is 17.8 Å². The second kappa shape index (κ2) is 8.90. The lowest BCUT2D eigenvalue weighted by atomic mass is 10.0. The highest BCUT2D eigenvalue weighted by Gasteiger charge is 2.36. The van der Waals surface area contributed by atoms with Crippen molar-refractivity contribution >= 4 is 23.7 Å². The Kier molecular flexibility index (Phi) is 6.30. The average Bonchev–Trinajstić information content (AvgIpc) is 2.97. The SMILES string of the molecule is COC(=O)CN(Cc1ccccc1)C(=O)c1ccc2c(c1)C(=O)N(CC(C)C)C2=O. The fraction of sp³-hybridized carbons (Fsp3) is 0.304. The van der Waals surface area contributed by atoms with E-state index in [-0.39, 0.29) is 36.0 Å². The molecule has 2 aromatic rings. The number of benzene rings is 2. The third kappa shape index (κ3) is 4.40. The normalized spacial score (nSPS) is 12.9. The number of fused-ring (bicyclic) bond motifs is 1. The molecule has 2 aromatic carbocycles. The lowest BCUT2D eigenvalue weighted by molar-refractivity contribution is -0.141. The predicted molar refractivity (Wildman–Crippen MR) is 110 cm³/mol. The molecule has 1 aliphatic heterocycles. The molecule has 1 aliphatic rings. The summed E-state index contributed by atoms with van der Waals surface area (Å²) in [6, 6.07) is 13.7. The van der Waals surface area contributed by atoms with Crippen LogP contribution in [0.1, 0.15) is 50.5 Å². The van der Waals surface area contributed by atoms with Gasteiger partial charge in [-0.3, -0.25) is 24.1 Å². The number of amides is 3. The number of methoxy groups -OCH3 is 1. The van der Waals surface area contributed by atoms with E-state index in [1.165, 1.54) is 35.1 Å². The summed E-state index contributed by atoms with van der Waals surface area (Å²) in [5, 5.41) is 0. The Labute approximate surface area is 175 Å². The Balaban J connectivity index is 1.89. The van der Waals surface area contributed by atoms with E-state index in [9.17, 15) is 19.2 Å². The van der Waals surface area contributed by atoms with Crippen LogP contribution in [0.3, 0.4) is 0 Å². The lowest BCUT2D eigenvalue weighted by Gasteiger charge is -2.22. The van der Waals surface area contributed by atoms with Crippen LogP contribution in [0, 0.1) is 5.92 Å². The zero-order valence-electron chi connectivity index (χ0n) is 17.3. The highest BCUT2D eigenvalue weighted by Crippen LogP contribution is 2.25. The number of imide groups is 1. The Hall–Kier alpha value is -3.48. The third-order valence-corrected chi connectivity index (χ3v) is 4.82. The minimum Gasteiger partial charge on any atom is -0.468 e. The van der Waals surface area contributed by atoms with E-state index in [4.69, 9.17) is 4.74 Å². The summed E-state index contributed by atoms with van der Waals surface area (Å²) in [6.07, 6.45) is 0. The predicted octanol–water partition coefficient (Wildman–Crippen LogP) is 2.75. The van der Waals surface area contributed by atoms with Crippen LogP contribution in [0.4, 0.5) is 0 Å². The molecule has 30 heavy (non-hydrogen) atoms. The van der Waals surface area contributed by atoms with Crippen LogP contribution in [0.15, 0.2) is 48.5 Å². The van der Waals surface area contributed by atoms with Gasteiger partial charge in [0.15, 0.2) is 0 Å². The van der Waals surface area contributed by atoms with Gasteiger partial charge in [-0.25, -0.2) is 0 Å². The molecule has 3 rings (SSSR count). The van der Waals surface area contributed by atoms with E-state index in [1.54, 1.807) is 0 Å². The maximum Gasteiger partial charge on any atom is 0.325 e. The zero-order valence-corrected chi connectivity index (χ0v) is 17.3. The summed E-state index contributed by atoms with van der Waals surface area (Å²) >= 11 is 0. The molecule has 1 heterocycles. The summed E-state index contributed by atoms with van der Waals surface area (Å²) in [5.41, 5.74) is 1.59. The summed E-state index contributed by atoms with van der Waals surface area (Å²) in [6.45, 7) is 4.14. The topological polar surface area (TPSA) is 84.0 Å². The fourth-order valence-corrected chi connectivity index (χ4v) is 3.36. The molecule has 0 saturated carbocycles. The van der Waals surface area contributed by atoms with Crippen LogP contribution >= 0.6 is 0 Å². The maximum atomic E-state index is 13.2. The van der Waals surface area contributed by atoms with Crippen molar-refractivity contribution in [2.75, 3.05) is 20.2 Å². The molecule has 0 spiro atoms. The van der Waals surface area contributed by atoms with E-state index in [1.807, 2.05) is 44.2 Å². The van der Waals surface area contributed by atoms with Crippen molar-refractivity contribution in [1.29, 1.82) is 0 Å². The van der Waals surface area contributed by atoms with Crippen LogP contribution in [0.25, 0.3) is 0 Å². The van der Waals surface area contributed by atoms with Crippen LogP contribution in [-0.4, -0.2) is 53.7 Å². The van der Waals surface area contributed by atoms with Gasteiger partial charge in [0.2, 0.25) is 0 Å². The third-order valence-electron chi connectivity index (χ3n) is 4.82. The Morgan fingerprint density at radius 2 is 1.67 bits per heavy atom. The second-order valence-electron chi connectivity index (χ2n) is 7.60. The number of hydrogen-bond donors (Lipinski definition) is 0. The van der Waals surface area contributed by atoms with Gasteiger partial charge in [-0.15, -0.1) is 0 Å². The molecule has 0 aliphatic carbocycles. The van der Waals surface area contributed by atoms with Gasteiger partial charge >= 0.3 is 5.97 Å². The zero-order chi connectivity index (χ0) is 21.8. The van der Waals surface area contributed by atoms with Gasteiger partial charge in [0.25, 0.3) is 17.7 Å². The fourth-order valence-electron chi connectivity index (χ4n) is 3.36. The standard InChI is InChI=1S/C23H24N2O5/c1-15(2)12-25-22(28)18-10-9-17(11-19(18)23(25)29)21(27)24(14-20(26)30-3)13-16-7-5-4-6-8-16/h4-11,15H,12-14H2,1-3H3. The highest BCUT2D eigenvalue weighted by atomic mass is 16.5. The first kappa shape index (κ1) is 21.2. The number of hydrogen-bond acceptors (Lipinski definition) is 5. The number of carbonyl (C=O) groups is 4. The van der Waals surface area contributed by atoms with Gasteiger partial charge in [-0.2, -0.15) is 0 Å². The van der Waals surface area contributed by atoms with Gasteiger partial charge in [-0.1, -0.05) is 44.2 Å². The van der Waals surface area contributed by atoms with Crippen molar-refractivity contribution in [3.05, 3.63) is 70.8 Å². The smallest absolute Gasteiger partial charge is 0.325 e. The van der Waals surface area contributed by atoms with Gasteiger partial charge in [0.05, 0.1) is 18.2 Å². The molecule has 156 valence electrons. The summed E-state index contributed by atoms with van der Waals surface area (Å²) in [7, 11) is 1.26. The van der Waals surface area contributed by atoms with Gasteiger partial charge in [0, 0.05) is 18.7 Å². The first-order valence-electron chi connectivity index (χ1n) is 9.72. The minimum atomic E-state index is -0.546. The van der Waals surface area contributed by atoms with Crippen molar-refractivity contribution in [1.82, 2.24) is 9.80 Å². The maximum absolute atomic E-state index is 13.2.